The molecule has 2 N–H and O–H groups in total. The molecule has 0 amide bonds. The number of nitrogens with zero attached hydrogens (tertiary/aromatic N) is 2. The van der Waals surface area contributed by atoms with Crippen molar-refractivity contribution >= 4 is 43.3 Å². The molecule has 2 aromatic heterocycles. The Hall–Kier alpha value is -1.33. The van der Waals surface area contributed by atoms with Gasteiger partial charge in [-0.05, 0) is 38.1 Å². The van der Waals surface area contributed by atoms with Crippen LogP contribution in [0, 0.1) is 6.92 Å². The van der Waals surface area contributed by atoms with Gasteiger partial charge >= 0.3 is 0 Å². The quantitative estimate of drug-likeness (QED) is 0.752. The van der Waals surface area contributed by atoms with Crippen molar-refractivity contribution < 1.29 is 0 Å². The van der Waals surface area contributed by atoms with E-state index < -0.39 is 0 Å². The Labute approximate surface area is 124 Å². The number of nitrogens with two attached hydrogens (primary N) is 1. The van der Waals surface area contributed by atoms with Crippen molar-refractivity contribution in [3.05, 3.63) is 33.6 Å². The molecule has 0 bridgehead atoms. The van der Waals surface area contributed by atoms with Crippen molar-refractivity contribution in [2.24, 2.45) is 0 Å². The average molecular weight is 336 g/mol. The van der Waals surface area contributed by atoms with E-state index >= 15 is 0 Å². The van der Waals surface area contributed by atoms with E-state index in [1.807, 2.05) is 12.1 Å². The van der Waals surface area contributed by atoms with Crippen molar-refractivity contribution in [2.75, 3.05) is 5.73 Å². The summed E-state index contributed by atoms with van der Waals surface area (Å²) in [6.07, 6.45) is 0. The Morgan fingerprint density at radius 1 is 1.37 bits per heavy atom. The van der Waals surface area contributed by atoms with E-state index in [1.54, 1.807) is 11.3 Å². The first kappa shape index (κ1) is 12.7. The van der Waals surface area contributed by atoms with E-state index in [2.05, 4.69) is 46.5 Å². The molecule has 3 rings (SSSR count). The molecule has 0 unspecified atom stereocenters. The van der Waals surface area contributed by atoms with Gasteiger partial charge in [-0.1, -0.05) is 15.9 Å². The largest absolute Gasteiger partial charge is 0.390 e. The molecule has 0 fully saturated rings. The second kappa shape index (κ2) is 4.65. The lowest BCUT2D eigenvalue weighted by molar-refractivity contribution is 0.797. The minimum Gasteiger partial charge on any atom is -0.390 e. The predicted octanol–water partition coefficient (Wildman–Crippen LogP) is 4.44. The van der Waals surface area contributed by atoms with Gasteiger partial charge in [-0.25, -0.2) is 4.98 Å². The van der Waals surface area contributed by atoms with Gasteiger partial charge in [0.15, 0.2) is 0 Å². The van der Waals surface area contributed by atoms with E-state index in [0.29, 0.717) is 0 Å². The van der Waals surface area contributed by atoms with Crippen LogP contribution in [0.15, 0.2) is 28.7 Å². The minimum absolute atomic E-state index is 0.835. The highest BCUT2D eigenvalue weighted by atomic mass is 79.9. The van der Waals surface area contributed by atoms with Crippen LogP contribution in [0.5, 0.6) is 0 Å². The fourth-order valence-electron chi connectivity index (χ4n) is 2.34. The molecule has 0 radical (unpaired) electrons. The summed E-state index contributed by atoms with van der Waals surface area (Å²) in [5.74, 6) is 0.956. The summed E-state index contributed by atoms with van der Waals surface area (Å²) in [4.78, 5) is 5.96. The number of aryl methyl sites for hydroxylation is 2. The number of hydrogen-bond donors (Lipinski definition) is 1. The molecule has 0 spiro atoms. The van der Waals surface area contributed by atoms with Gasteiger partial charge in [0, 0.05) is 15.9 Å². The number of benzene rings is 1. The molecular formula is C14H14BrN3S. The highest BCUT2D eigenvalue weighted by Crippen LogP contribution is 2.35. The number of thiophene rings is 1. The molecule has 0 aliphatic rings. The second-order valence-corrected chi connectivity index (χ2v) is 6.65. The SMILES string of the molecule is CCn1c(-c2cc(C)sc2N)nc2cc(Br)ccc21. The summed E-state index contributed by atoms with van der Waals surface area (Å²) >= 11 is 5.10. The number of fused-ring (bicyclic) bond motifs is 1. The molecule has 0 saturated carbocycles. The van der Waals surface area contributed by atoms with Crippen LogP contribution >= 0.6 is 27.3 Å². The number of anilines is 1. The van der Waals surface area contributed by atoms with E-state index in [4.69, 9.17) is 10.7 Å². The third kappa shape index (κ3) is 2.07. The van der Waals surface area contributed by atoms with Gasteiger partial charge in [0.05, 0.1) is 21.6 Å². The van der Waals surface area contributed by atoms with Gasteiger partial charge in [-0.2, -0.15) is 0 Å². The van der Waals surface area contributed by atoms with Crippen molar-refractivity contribution in [1.29, 1.82) is 0 Å². The Balaban J connectivity index is 2.31. The van der Waals surface area contributed by atoms with E-state index in [1.165, 1.54) is 4.88 Å². The number of aromatic nitrogens is 2. The molecule has 1 aromatic carbocycles. The molecule has 0 atom stereocenters. The smallest absolute Gasteiger partial charge is 0.144 e. The molecule has 19 heavy (non-hydrogen) atoms. The van der Waals surface area contributed by atoms with Gasteiger partial charge in [0.1, 0.15) is 5.82 Å². The molecular weight excluding hydrogens is 322 g/mol. The van der Waals surface area contributed by atoms with Crippen LogP contribution in [-0.4, -0.2) is 9.55 Å². The summed E-state index contributed by atoms with van der Waals surface area (Å²) in [6, 6.07) is 8.29. The zero-order valence-electron chi connectivity index (χ0n) is 10.8. The van der Waals surface area contributed by atoms with Gasteiger partial charge in [-0.3, -0.25) is 0 Å². The maximum atomic E-state index is 6.10. The summed E-state index contributed by atoms with van der Waals surface area (Å²) in [5, 5.41) is 0.835. The van der Waals surface area contributed by atoms with Gasteiger partial charge in [0.25, 0.3) is 0 Å². The number of halogens is 1. The van der Waals surface area contributed by atoms with Crippen LogP contribution in [0.1, 0.15) is 11.8 Å². The Morgan fingerprint density at radius 2 is 2.16 bits per heavy atom. The zero-order valence-corrected chi connectivity index (χ0v) is 13.2. The maximum absolute atomic E-state index is 6.10. The molecule has 2 heterocycles. The van der Waals surface area contributed by atoms with Crippen molar-refractivity contribution in [3.8, 4) is 11.4 Å². The van der Waals surface area contributed by atoms with Crippen LogP contribution in [0.3, 0.4) is 0 Å². The first-order chi connectivity index (χ1) is 9.10. The molecule has 0 aliphatic carbocycles. The Kier molecular flexibility index (Phi) is 3.11. The zero-order chi connectivity index (χ0) is 13.6. The standard InChI is InChI=1S/C14H14BrN3S/c1-3-18-12-5-4-9(15)7-11(12)17-14(18)10-6-8(2)19-13(10)16/h4-7H,3,16H2,1-2H3. The fourth-order valence-corrected chi connectivity index (χ4v) is 3.47. The van der Waals surface area contributed by atoms with E-state index in [0.717, 1.165) is 38.4 Å². The first-order valence-corrected chi connectivity index (χ1v) is 7.73. The van der Waals surface area contributed by atoms with Crippen LogP contribution in [0.2, 0.25) is 0 Å². The van der Waals surface area contributed by atoms with Crippen molar-refractivity contribution in [2.45, 2.75) is 20.4 Å². The van der Waals surface area contributed by atoms with E-state index in [9.17, 15) is 0 Å². The number of imidazole rings is 1. The highest BCUT2D eigenvalue weighted by molar-refractivity contribution is 9.10. The van der Waals surface area contributed by atoms with Gasteiger partial charge in [-0.15, -0.1) is 11.3 Å². The van der Waals surface area contributed by atoms with Crippen LogP contribution in [-0.2, 0) is 6.54 Å². The molecule has 98 valence electrons. The van der Waals surface area contributed by atoms with Crippen LogP contribution in [0.4, 0.5) is 5.00 Å². The monoisotopic (exact) mass is 335 g/mol. The highest BCUT2D eigenvalue weighted by Gasteiger charge is 2.15. The number of nitrogen functional groups attached to an aromatic ring is 1. The first-order valence-electron chi connectivity index (χ1n) is 6.12. The topological polar surface area (TPSA) is 43.8 Å². The molecule has 0 saturated heterocycles. The normalized spacial score (nSPS) is 11.3. The average Bonchev–Trinajstić information content (AvgIpc) is 2.88. The summed E-state index contributed by atoms with van der Waals surface area (Å²) in [5.41, 5.74) is 9.28. The van der Waals surface area contributed by atoms with Crippen molar-refractivity contribution in [3.63, 3.8) is 0 Å². The lowest BCUT2D eigenvalue weighted by Gasteiger charge is -2.05. The summed E-state index contributed by atoms with van der Waals surface area (Å²) in [7, 11) is 0. The summed E-state index contributed by atoms with van der Waals surface area (Å²) < 4.78 is 3.25. The van der Waals surface area contributed by atoms with Crippen LogP contribution < -0.4 is 5.73 Å². The van der Waals surface area contributed by atoms with Gasteiger partial charge in [0.2, 0.25) is 0 Å². The Morgan fingerprint density at radius 3 is 2.79 bits per heavy atom. The Bertz CT molecular complexity index is 757. The lowest BCUT2D eigenvalue weighted by Crippen LogP contribution is -1.98. The lowest BCUT2D eigenvalue weighted by atomic mass is 10.2. The number of hydrogen-bond acceptors (Lipinski definition) is 3. The maximum Gasteiger partial charge on any atom is 0.144 e. The van der Waals surface area contributed by atoms with Gasteiger partial charge < -0.3 is 10.3 Å². The third-order valence-electron chi connectivity index (χ3n) is 3.15. The van der Waals surface area contributed by atoms with Crippen LogP contribution in [0.25, 0.3) is 22.4 Å². The predicted molar refractivity (Wildman–Crippen MR) is 85.6 cm³/mol. The molecule has 3 nitrogen and oxygen atoms in total. The fraction of sp³-hybridized carbons (Fsp3) is 0.214. The minimum atomic E-state index is 0.835. The molecule has 5 heteroatoms. The summed E-state index contributed by atoms with van der Waals surface area (Å²) in [6.45, 7) is 5.07. The second-order valence-electron chi connectivity index (χ2n) is 4.45. The van der Waals surface area contributed by atoms with E-state index in [-0.39, 0.29) is 0 Å². The number of rotatable bonds is 2. The molecule has 0 aliphatic heterocycles. The van der Waals surface area contributed by atoms with Crippen molar-refractivity contribution in [1.82, 2.24) is 9.55 Å². The third-order valence-corrected chi connectivity index (χ3v) is 4.52. The molecule has 3 aromatic rings.